The Kier molecular flexibility index (Phi) is 5.43. The van der Waals surface area contributed by atoms with Crippen LogP contribution in [0.1, 0.15) is 0 Å². The number of benzene rings is 1. The summed E-state index contributed by atoms with van der Waals surface area (Å²) in [6, 6.07) is 11.7. The molecule has 0 aliphatic carbocycles. The van der Waals surface area contributed by atoms with Crippen molar-refractivity contribution in [2.45, 2.75) is 0 Å². The van der Waals surface area contributed by atoms with Crippen molar-refractivity contribution in [3.8, 4) is 24.0 Å². The van der Waals surface area contributed by atoms with Crippen molar-refractivity contribution in [2.75, 3.05) is 18.5 Å². The average molecular weight is 254 g/mol. The van der Waals surface area contributed by atoms with Gasteiger partial charge in [0, 0.05) is 11.8 Å². The van der Waals surface area contributed by atoms with Gasteiger partial charge in [-0.3, -0.25) is 0 Å². The minimum atomic E-state index is -0.288. The maximum absolute atomic E-state index is 8.89. The van der Waals surface area contributed by atoms with Crippen LogP contribution in [0.15, 0.2) is 35.5 Å². The highest BCUT2D eigenvalue weighted by atomic mass is 16.5. The molecular formula is C13H10N4O2. The van der Waals surface area contributed by atoms with Gasteiger partial charge in [0.25, 0.3) is 0 Å². The summed E-state index contributed by atoms with van der Waals surface area (Å²) < 4.78 is 5.21. The molecule has 1 rings (SSSR count). The maximum Gasteiger partial charge on any atom is 0.163 e. The van der Waals surface area contributed by atoms with Crippen LogP contribution in [0.4, 0.5) is 5.69 Å². The van der Waals surface area contributed by atoms with Gasteiger partial charge in [0.05, 0.1) is 6.61 Å². The molecule has 94 valence electrons. The number of rotatable bonds is 5. The van der Waals surface area contributed by atoms with E-state index in [0.29, 0.717) is 11.4 Å². The van der Waals surface area contributed by atoms with Crippen LogP contribution in [-0.4, -0.2) is 18.3 Å². The van der Waals surface area contributed by atoms with Gasteiger partial charge in [-0.2, -0.15) is 15.8 Å². The molecule has 0 spiro atoms. The fourth-order valence-electron chi connectivity index (χ4n) is 1.25. The Labute approximate surface area is 110 Å². The lowest BCUT2D eigenvalue weighted by molar-refractivity contribution is 0.201. The molecule has 0 atom stereocenters. The summed E-state index contributed by atoms with van der Waals surface area (Å²) in [6.07, 6.45) is 0. The summed E-state index contributed by atoms with van der Waals surface area (Å²) in [5, 5.41) is 37.6. The monoisotopic (exact) mass is 254 g/mol. The number of anilines is 1. The average Bonchev–Trinajstić information content (AvgIpc) is 2.45. The number of allylic oxidation sites excluding steroid dienone is 2. The lowest BCUT2D eigenvalue weighted by Crippen LogP contribution is -2.03. The van der Waals surface area contributed by atoms with Crippen molar-refractivity contribution < 1.29 is 9.84 Å². The molecule has 19 heavy (non-hydrogen) atoms. The third-order valence-corrected chi connectivity index (χ3v) is 2.05. The molecule has 0 aliphatic heterocycles. The molecule has 0 aromatic heterocycles. The highest BCUT2D eigenvalue weighted by Gasteiger charge is 2.06. The van der Waals surface area contributed by atoms with Gasteiger partial charge in [0.1, 0.15) is 36.3 Å². The Hall–Kier alpha value is -3.01. The number of ether oxygens (including phenoxy) is 1. The van der Waals surface area contributed by atoms with Crippen LogP contribution >= 0.6 is 0 Å². The van der Waals surface area contributed by atoms with E-state index in [4.69, 9.17) is 25.6 Å². The first-order valence-electron chi connectivity index (χ1n) is 5.30. The minimum Gasteiger partial charge on any atom is -0.491 e. The molecule has 1 aromatic carbocycles. The van der Waals surface area contributed by atoms with E-state index in [1.807, 2.05) is 0 Å². The molecule has 0 bridgehead atoms. The van der Waals surface area contributed by atoms with E-state index in [1.54, 1.807) is 42.5 Å². The minimum absolute atomic E-state index is 0.103. The van der Waals surface area contributed by atoms with Crippen molar-refractivity contribution in [2.24, 2.45) is 0 Å². The number of nitrogens with one attached hydrogen (secondary N) is 1. The molecule has 1 aromatic rings. The van der Waals surface area contributed by atoms with Gasteiger partial charge in [-0.05, 0) is 12.1 Å². The van der Waals surface area contributed by atoms with Gasteiger partial charge < -0.3 is 15.2 Å². The largest absolute Gasteiger partial charge is 0.491 e. The quantitative estimate of drug-likeness (QED) is 0.765. The Morgan fingerprint density at radius 3 is 2.53 bits per heavy atom. The van der Waals surface area contributed by atoms with Gasteiger partial charge in [-0.1, -0.05) is 6.07 Å². The lowest BCUT2D eigenvalue weighted by Gasteiger charge is -2.08. The summed E-state index contributed by atoms with van der Waals surface area (Å²) >= 11 is 0. The molecule has 2 N–H and O–H groups in total. The number of hydrogen-bond donors (Lipinski definition) is 2. The summed E-state index contributed by atoms with van der Waals surface area (Å²) in [6.45, 7) is 0.0556. The van der Waals surface area contributed by atoms with Crippen molar-refractivity contribution in [3.05, 3.63) is 35.5 Å². The second-order valence-electron chi connectivity index (χ2n) is 3.31. The second kappa shape index (κ2) is 7.34. The molecule has 6 nitrogen and oxygen atoms in total. The number of nitrogens with zero attached hydrogens (tertiary/aromatic N) is 3. The first-order chi connectivity index (χ1) is 9.24. The molecule has 0 fully saturated rings. The Balaban J connectivity index is 2.95. The molecule has 6 heteroatoms. The molecule has 0 aliphatic rings. The number of aliphatic hydroxyl groups is 1. The van der Waals surface area contributed by atoms with E-state index >= 15 is 0 Å². The predicted octanol–water partition coefficient (Wildman–Crippen LogP) is 1.29. The molecule has 0 unspecified atom stereocenters. The van der Waals surface area contributed by atoms with Gasteiger partial charge in [-0.15, -0.1) is 0 Å². The summed E-state index contributed by atoms with van der Waals surface area (Å²) in [5.41, 5.74) is 0.100. The summed E-state index contributed by atoms with van der Waals surface area (Å²) in [5.74, 6) is 0.506. The highest BCUT2D eigenvalue weighted by Crippen LogP contribution is 2.19. The van der Waals surface area contributed by atoms with Crippen molar-refractivity contribution in [1.82, 2.24) is 0 Å². The van der Waals surface area contributed by atoms with Gasteiger partial charge in [0.2, 0.25) is 0 Å². The number of hydrogen-bond acceptors (Lipinski definition) is 6. The Bertz CT molecular complexity index is 586. The first kappa shape index (κ1) is 14.1. The van der Waals surface area contributed by atoms with Crippen LogP contribution in [-0.2, 0) is 0 Å². The number of nitriles is 3. The third kappa shape index (κ3) is 4.05. The lowest BCUT2D eigenvalue weighted by atomic mass is 10.2. The van der Waals surface area contributed by atoms with Crippen LogP contribution in [0, 0.1) is 34.0 Å². The molecule has 0 amide bonds. The van der Waals surface area contributed by atoms with Crippen LogP contribution in [0.5, 0.6) is 5.75 Å². The molecule has 0 saturated heterocycles. The maximum atomic E-state index is 8.89. The van der Waals surface area contributed by atoms with E-state index in [-0.39, 0.29) is 24.5 Å². The fourth-order valence-corrected chi connectivity index (χ4v) is 1.25. The van der Waals surface area contributed by atoms with Gasteiger partial charge in [-0.25, -0.2) is 0 Å². The molecular weight excluding hydrogens is 244 g/mol. The van der Waals surface area contributed by atoms with E-state index in [0.717, 1.165) is 0 Å². The topological polar surface area (TPSA) is 113 Å². The number of aliphatic hydroxyl groups excluding tert-OH is 1. The van der Waals surface area contributed by atoms with E-state index < -0.39 is 0 Å². The molecule has 0 saturated carbocycles. The zero-order chi connectivity index (χ0) is 14.1. The van der Waals surface area contributed by atoms with E-state index in [1.165, 1.54) is 0 Å². The second-order valence-corrected chi connectivity index (χ2v) is 3.31. The van der Waals surface area contributed by atoms with Crippen molar-refractivity contribution in [3.63, 3.8) is 0 Å². The van der Waals surface area contributed by atoms with Crippen molar-refractivity contribution >= 4 is 5.69 Å². The normalized spacial score (nSPS) is 8.53. The zero-order valence-electron chi connectivity index (χ0n) is 9.92. The van der Waals surface area contributed by atoms with Gasteiger partial charge >= 0.3 is 0 Å². The Morgan fingerprint density at radius 1 is 1.21 bits per heavy atom. The van der Waals surface area contributed by atoms with Crippen LogP contribution < -0.4 is 10.1 Å². The zero-order valence-corrected chi connectivity index (χ0v) is 9.92. The van der Waals surface area contributed by atoms with Crippen LogP contribution in [0.25, 0.3) is 0 Å². The standard InChI is InChI=1S/C13H10N4O2/c14-7-10(8-15)13(9-16)17-11-2-1-3-12(6-11)19-5-4-18/h1-3,6,17-18H,4-5H2. The molecule has 0 heterocycles. The smallest absolute Gasteiger partial charge is 0.163 e. The van der Waals surface area contributed by atoms with E-state index in [2.05, 4.69) is 5.32 Å². The van der Waals surface area contributed by atoms with Crippen LogP contribution in [0.3, 0.4) is 0 Å². The van der Waals surface area contributed by atoms with Gasteiger partial charge in [0.15, 0.2) is 5.57 Å². The SMILES string of the molecule is N#CC(C#N)=C(C#N)Nc1cccc(OCCO)c1. The first-order valence-corrected chi connectivity index (χ1v) is 5.30. The Morgan fingerprint density at radius 2 is 1.95 bits per heavy atom. The fraction of sp³-hybridized carbons (Fsp3) is 0.154. The molecule has 0 radical (unpaired) electrons. The van der Waals surface area contributed by atoms with Crippen LogP contribution in [0.2, 0.25) is 0 Å². The van der Waals surface area contributed by atoms with E-state index in [9.17, 15) is 0 Å². The predicted molar refractivity (Wildman–Crippen MR) is 66.5 cm³/mol. The van der Waals surface area contributed by atoms with Crippen molar-refractivity contribution in [1.29, 1.82) is 15.8 Å². The third-order valence-electron chi connectivity index (χ3n) is 2.05. The summed E-state index contributed by atoms with van der Waals surface area (Å²) in [4.78, 5) is 0. The highest BCUT2D eigenvalue weighted by molar-refractivity contribution is 5.59. The summed E-state index contributed by atoms with van der Waals surface area (Å²) in [7, 11) is 0.